The summed E-state index contributed by atoms with van der Waals surface area (Å²) in [5.41, 5.74) is 24.5. The standard InChI is InChI=1S/C54H41BN2/c1-53(2)43-25-14-16-29-47(43)56-48-33-41-39-22-11-13-24-42(39)54(3,4)50(41)49-40-23-12-15-28-46(40)57(55(51(48)49)45-27-17-26-44(53)52(45)56)38-31-36(34-18-7-5-8-19-34)30-37(32-38)35-20-9-6-10-21-35/h5-33H,1-4H3. The van der Waals surface area contributed by atoms with Crippen LogP contribution in [0.15, 0.2) is 176 Å². The lowest BCUT2D eigenvalue weighted by Crippen LogP contribution is -2.63. The van der Waals surface area contributed by atoms with E-state index in [0.717, 1.165) is 0 Å². The summed E-state index contributed by atoms with van der Waals surface area (Å²) in [6.07, 6.45) is 0. The molecule has 0 radical (unpaired) electrons. The molecule has 0 atom stereocenters. The molecule has 12 rings (SSSR count). The van der Waals surface area contributed by atoms with Crippen LogP contribution in [0.3, 0.4) is 0 Å². The molecule has 0 N–H and O–H groups in total. The number of nitrogens with zero attached hydrogens (tertiary/aromatic N) is 2. The van der Waals surface area contributed by atoms with Crippen LogP contribution in [0.5, 0.6) is 0 Å². The molecule has 0 aromatic heterocycles. The number of rotatable bonds is 3. The highest BCUT2D eigenvalue weighted by molar-refractivity contribution is 6.93. The molecule has 0 spiro atoms. The van der Waals surface area contributed by atoms with Gasteiger partial charge < -0.3 is 9.71 Å². The minimum absolute atomic E-state index is 0.0726. The van der Waals surface area contributed by atoms with Gasteiger partial charge >= 0.3 is 6.85 Å². The van der Waals surface area contributed by atoms with Crippen LogP contribution in [0.2, 0.25) is 0 Å². The third-order valence-electron chi connectivity index (χ3n) is 13.6. The van der Waals surface area contributed by atoms with Crippen LogP contribution in [-0.4, -0.2) is 6.85 Å². The first-order valence-electron chi connectivity index (χ1n) is 20.3. The maximum atomic E-state index is 2.68. The molecule has 57 heavy (non-hydrogen) atoms. The first-order chi connectivity index (χ1) is 27.8. The summed E-state index contributed by atoms with van der Waals surface area (Å²) in [5, 5.41) is 0. The van der Waals surface area contributed by atoms with E-state index >= 15 is 0 Å². The molecule has 3 heteroatoms. The summed E-state index contributed by atoms with van der Waals surface area (Å²) in [6, 6.07) is 66.1. The summed E-state index contributed by atoms with van der Waals surface area (Å²) in [7, 11) is 0. The summed E-state index contributed by atoms with van der Waals surface area (Å²) in [5.74, 6) is 0. The average molecular weight is 729 g/mol. The highest BCUT2D eigenvalue weighted by atomic mass is 15.2. The van der Waals surface area contributed by atoms with Crippen molar-refractivity contribution in [2.45, 2.75) is 38.5 Å². The predicted octanol–water partition coefficient (Wildman–Crippen LogP) is 12.7. The molecule has 8 aromatic rings. The van der Waals surface area contributed by atoms with Crippen LogP contribution in [0.25, 0.3) is 44.5 Å². The fraction of sp³-hybridized carbons (Fsp3) is 0.111. The molecule has 3 aliphatic heterocycles. The van der Waals surface area contributed by atoms with Crippen LogP contribution >= 0.6 is 0 Å². The number of benzene rings is 8. The summed E-state index contributed by atoms with van der Waals surface area (Å²) >= 11 is 0. The summed E-state index contributed by atoms with van der Waals surface area (Å²) in [6.45, 7) is 9.62. The third-order valence-corrected chi connectivity index (χ3v) is 13.6. The van der Waals surface area contributed by atoms with Crippen molar-refractivity contribution in [2.24, 2.45) is 0 Å². The molecule has 0 saturated carbocycles. The van der Waals surface area contributed by atoms with Crippen molar-refractivity contribution in [3.05, 3.63) is 198 Å². The van der Waals surface area contributed by atoms with Crippen LogP contribution in [0.4, 0.5) is 28.4 Å². The van der Waals surface area contributed by atoms with Gasteiger partial charge in [-0.05, 0) is 109 Å². The van der Waals surface area contributed by atoms with Crippen molar-refractivity contribution < 1.29 is 0 Å². The van der Waals surface area contributed by atoms with E-state index in [-0.39, 0.29) is 17.7 Å². The van der Waals surface area contributed by atoms with Gasteiger partial charge in [-0.15, -0.1) is 0 Å². The molecule has 270 valence electrons. The number of para-hydroxylation sites is 3. The molecule has 3 heterocycles. The molecule has 0 bridgehead atoms. The number of hydrogen-bond acceptors (Lipinski definition) is 2. The lowest BCUT2D eigenvalue weighted by molar-refractivity contribution is 0.632. The Hall–Kier alpha value is -6.58. The van der Waals surface area contributed by atoms with Crippen molar-refractivity contribution in [2.75, 3.05) is 9.71 Å². The largest absolute Gasteiger partial charge is 0.376 e. The van der Waals surface area contributed by atoms with Gasteiger partial charge in [0.05, 0.1) is 5.69 Å². The first kappa shape index (κ1) is 32.6. The Labute approximate surface area is 335 Å². The van der Waals surface area contributed by atoms with Gasteiger partial charge in [0, 0.05) is 39.1 Å². The fourth-order valence-electron chi connectivity index (χ4n) is 11.0. The van der Waals surface area contributed by atoms with Crippen LogP contribution in [0, 0.1) is 0 Å². The lowest BCUT2D eigenvalue weighted by Gasteiger charge is -2.51. The molecule has 0 fully saturated rings. The Kier molecular flexibility index (Phi) is 6.58. The minimum atomic E-state index is -0.187. The summed E-state index contributed by atoms with van der Waals surface area (Å²) in [4.78, 5) is 5.32. The van der Waals surface area contributed by atoms with E-state index in [0.29, 0.717) is 0 Å². The highest BCUT2D eigenvalue weighted by Gasteiger charge is 2.52. The van der Waals surface area contributed by atoms with Crippen molar-refractivity contribution >= 4 is 46.2 Å². The topological polar surface area (TPSA) is 6.48 Å². The van der Waals surface area contributed by atoms with Crippen molar-refractivity contribution in [3.63, 3.8) is 0 Å². The van der Waals surface area contributed by atoms with Crippen molar-refractivity contribution in [3.8, 4) is 44.5 Å². The van der Waals surface area contributed by atoms with Gasteiger partial charge in [-0.2, -0.15) is 0 Å². The second-order valence-corrected chi connectivity index (χ2v) is 17.3. The SMILES string of the molecule is CC1(C)c2ccccc2N2c3cc4c(c5c3B(c3cccc1c32)N(c1cc(-c2ccccc2)cc(-c2ccccc2)c1)c1ccccc1-5)C(C)(C)c1ccccc1-4. The van der Waals surface area contributed by atoms with Gasteiger partial charge in [-0.3, -0.25) is 0 Å². The van der Waals surface area contributed by atoms with Crippen molar-refractivity contribution in [1.29, 1.82) is 0 Å². The zero-order valence-corrected chi connectivity index (χ0v) is 32.7. The molecule has 0 saturated heterocycles. The molecule has 8 aromatic carbocycles. The zero-order valence-electron chi connectivity index (χ0n) is 32.7. The Balaban J connectivity index is 1.23. The Morgan fingerprint density at radius 3 is 1.70 bits per heavy atom. The second-order valence-electron chi connectivity index (χ2n) is 17.3. The number of hydrogen-bond donors (Lipinski definition) is 0. The van der Waals surface area contributed by atoms with Gasteiger partial charge in [0.15, 0.2) is 0 Å². The van der Waals surface area contributed by atoms with Gasteiger partial charge in [-0.1, -0.05) is 167 Å². The second kappa shape index (κ2) is 11.5. The Morgan fingerprint density at radius 2 is 1.00 bits per heavy atom. The normalized spacial score (nSPS) is 15.5. The van der Waals surface area contributed by atoms with E-state index in [4.69, 9.17) is 0 Å². The van der Waals surface area contributed by atoms with E-state index in [1.165, 1.54) is 106 Å². The monoisotopic (exact) mass is 728 g/mol. The van der Waals surface area contributed by atoms with E-state index < -0.39 is 0 Å². The van der Waals surface area contributed by atoms with Gasteiger partial charge in [0.1, 0.15) is 0 Å². The van der Waals surface area contributed by atoms with E-state index in [2.05, 4.69) is 213 Å². The van der Waals surface area contributed by atoms with E-state index in [1.54, 1.807) is 0 Å². The number of anilines is 5. The zero-order chi connectivity index (χ0) is 38.2. The Bertz CT molecular complexity index is 2920. The van der Waals surface area contributed by atoms with Crippen LogP contribution in [-0.2, 0) is 10.8 Å². The van der Waals surface area contributed by atoms with Gasteiger partial charge in [-0.25, -0.2) is 0 Å². The molecule has 4 aliphatic rings. The maximum Gasteiger partial charge on any atom is 0.333 e. The van der Waals surface area contributed by atoms with Crippen LogP contribution in [0.1, 0.15) is 49.9 Å². The highest BCUT2D eigenvalue weighted by Crippen LogP contribution is 2.60. The smallest absolute Gasteiger partial charge is 0.333 e. The first-order valence-corrected chi connectivity index (χ1v) is 20.3. The minimum Gasteiger partial charge on any atom is -0.376 e. The third kappa shape index (κ3) is 4.32. The Morgan fingerprint density at radius 1 is 0.421 bits per heavy atom. The van der Waals surface area contributed by atoms with Crippen LogP contribution < -0.4 is 20.6 Å². The van der Waals surface area contributed by atoms with E-state index in [9.17, 15) is 0 Å². The predicted molar refractivity (Wildman–Crippen MR) is 241 cm³/mol. The van der Waals surface area contributed by atoms with Gasteiger partial charge in [0.25, 0.3) is 0 Å². The summed E-state index contributed by atoms with van der Waals surface area (Å²) < 4.78 is 0. The quantitative estimate of drug-likeness (QED) is 0.167. The number of fused-ring (bicyclic) bond motifs is 10. The van der Waals surface area contributed by atoms with E-state index in [1.807, 2.05) is 0 Å². The van der Waals surface area contributed by atoms with Crippen molar-refractivity contribution in [1.82, 2.24) is 0 Å². The molecule has 0 amide bonds. The van der Waals surface area contributed by atoms with Gasteiger partial charge in [0.2, 0.25) is 0 Å². The molecular weight excluding hydrogens is 687 g/mol. The molecule has 0 unspecified atom stereocenters. The molecular formula is C54H41BN2. The molecule has 1 aliphatic carbocycles. The fourth-order valence-corrected chi connectivity index (χ4v) is 11.0. The maximum absolute atomic E-state index is 2.68. The molecule has 2 nitrogen and oxygen atoms in total. The lowest BCUT2D eigenvalue weighted by atomic mass is 9.42. The average Bonchev–Trinajstić information content (AvgIpc) is 3.49.